The molecule has 1 unspecified atom stereocenters. The maximum atomic E-state index is 8.72. The van der Waals surface area contributed by atoms with E-state index in [1.807, 2.05) is 18.7 Å². The molecule has 0 bridgehead atoms. The Hall–Kier alpha value is -0.870. The van der Waals surface area contributed by atoms with E-state index in [1.165, 1.54) is 11.3 Å². The maximum absolute atomic E-state index is 8.72. The molecule has 0 aliphatic rings. The molecule has 1 aromatic rings. The predicted molar refractivity (Wildman–Crippen MR) is 56.2 cm³/mol. The standard InChI is InChI=1S/C10H19N3O/c1-7(11-5-6-14)10-8(2)12-13(4)9(10)3/h7,11,14H,5-6H2,1-4H3. The lowest BCUT2D eigenvalue weighted by Crippen LogP contribution is -2.23. The average molecular weight is 197 g/mol. The topological polar surface area (TPSA) is 50.1 Å². The average Bonchev–Trinajstić information content (AvgIpc) is 2.38. The highest BCUT2D eigenvalue weighted by Gasteiger charge is 2.14. The van der Waals surface area contributed by atoms with E-state index in [4.69, 9.17) is 5.11 Å². The van der Waals surface area contributed by atoms with Crippen LogP contribution in [0.3, 0.4) is 0 Å². The fraction of sp³-hybridized carbons (Fsp3) is 0.700. The van der Waals surface area contributed by atoms with E-state index in [-0.39, 0.29) is 12.6 Å². The summed E-state index contributed by atoms with van der Waals surface area (Å²) in [6.07, 6.45) is 0. The second kappa shape index (κ2) is 4.57. The van der Waals surface area contributed by atoms with Crippen LogP contribution in [0.15, 0.2) is 0 Å². The number of aryl methyl sites for hydroxylation is 2. The predicted octanol–water partition coefficient (Wildman–Crippen LogP) is 0.680. The van der Waals surface area contributed by atoms with Crippen molar-refractivity contribution in [3.63, 3.8) is 0 Å². The smallest absolute Gasteiger partial charge is 0.0644 e. The molecule has 1 aromatic heterocycles. The SMILES string of the molecule is Cc1nn(C)c(C)c1C(C)NCCO. The van der Waals surface area contributed by atoms with Gasteiger partial charge in [0.1, 0.15) is 0 Å². The van der Waals surface area contributed by atoms with Crippen LogP contribution in [0, 0.1) is 13.8 Å². The Balaban J connectivity index is 2.83. The summed E-state index contributed by atoms with van der Waals surface area (Å²) >= 11 is 0. The van der Waals surface area contributed by atoms with Crippen LogP contribution < -0.4 is 5.32 Å². The summed E-state index contributed by atoms with van der Waals surface area (Å²) in [4.78, 5) is 0. The summed E-state index contributed by atoms with van der Waals surface area (Å²) in [6.45, 7) is 6.95. The molecule has 0 amide bonds. The molecule has 80 valence electrons. The number of hydrogen-bond donors (Lipinski definition) is 2. The zero-order valence-corrected chi connectivity index (χ0v) is 9.33. The van der Waals surface area contributed by atoms with Gasteiger partial charge in [0.15, 0.2) is 0 Å². The minimum Gasteiger partial charge on any atom is -0.395 e. The second-order valence-electron chi connectivity index (χ2n) is 3.61. The summed E-state index contributed by atoms with van der Waals surface area (Å²) in [5.41, 5.74) is 3.48. The Labute approximate surface area is 84.9 Å². The number of hydrogen-bond acceptors (Lipinski definition) is 3. The van der Waals surface area contributed by atoms with E-state index in [2.05, 4.69) is 24.3 Å². The number of nitrogens with zero attached hydrogens (tertiary/aromatic N) is 2. The Bertz CT molecular complexity index is 307. The molecule has 1 heterocycles. The van der Waals surface area contributed by atoms with Gasteiger partial charge >= 0.3 is 0 Å². The first-order chi connectivity index (χ1) is 6.57. The summed E-state index contributed by atoms with van der Waals surface area (Å²) < 4.78 is 1.89. The molecule has 2 N–H and O–H groups in total. The first-order valence-electron chi connectivity index (χ1n) is 4.92. The molecule has 0 spiro atoms. The fourth-order valence-corrected chi connectivity index (χ4v) is 1.80. The highest BCUT2D eigenvalue weighted by atomic mass is 16.3. The molecule has 0 saturated heterocycles. The van der Waals surface area contributed by atoms with E-state index in [1.54, 1.807) is 0 Å². The van der Waals surface area contributed by atoms with Crippen molar-refractivity contribution in [3.8, 4) is 0 Å². The van der Waals surface area contributed by atoms with Gasteiger partial charge in [0, 0.05) is 30.9 Å². The monoisotopic (exact) mass is 197 g/mol. The van der Waals surface area contributed by atoms with Gasteiger partial charge in [-0.25, -0.2) is 0 Å². The molecule has 0 aliphatic heterocycles. The first kappa shape index (κ1) is 11.2. The summed E-state index contributed by atoms with van der Waals surface area (Å²) in [7, 11) is 1.95. The highest BCUT2D eigenvalue weighted by molar-refractivity contribution is 5.27. The normalized spacial score (nSPS) is 13.2. The van der Waals surface area contributed by atoms with Crippen molar-refractivity contribution < 1.29 is 5.11 Å². The van der Waals surface area contributed by atoms with Crippen LogP contribution in [-0.2, 0) is 7.05 Å². The molecule has 4 nitrogen and oxygen atoms in total. The Morgan fingerprint density at radius 3 is 2.57 bits per heavy atom. The van der Waals surface area contributed by atoms with Crippen LogP contribution in [0.1, 0.15) is 29.9 Å². The Kier molecular flexibility index (Phi) is 3.66. The summed E-state index contributed by atoms with van der Waals surface area (Å²) in [6, 6.07) is 0.246. The molecular formula is C10H19N3O. The lowest BCUT2D eigenvalue weighted by Gasteiger charge is -2.13. The molecule has 0 radical (unpaired) electrons. The van der Waals surface area contributed by atoms with Crippen LogP contribution in [-0.4, -0.2) is 28.0 Å². The highest BCUT2D eigenvalue weighted by Crippen LogP contribution is 2.20. The fourth-order valence-electron chi connectivity index (χ4n) is 1.80. The molecule has 4 heteroatoms. The number of aliphatic hydroxyl groups excluding tert-OH is 1. The second-order valence-corrected chi connectivity index (χ2v) is 3.61. The van der Waals surface area contributed by atoms with Gasteiger partial charge in [-0.1, -0.05) is 0 Å². The molecule has 14 heavy (non-hydrogen) atoms. The molecule has 0 fully saturated rings. The first-order valence-corrected chi connectivity index (χ1v) is 4.92. The van der Waals surface area contributed by atoms with Gasteiger partial charge in [0.05, 0.1) is 12.3 Å². The van der Waals surface area contributed by atoms with E-state index in [0.717, 1.165) is 5.69 Å². The third-order valence-electron chi connectivity index (χ3n) is 2.56. The zero-order valence-electron chi connectivity index (χ0n) is 9.33. The lowest BCUT2D eigenvalue weighted by molar-refractivity contribution is 0.286. The lowest BCUT2D eigenvalue weighted by atomic mass is 10.1. The quantitative estimate of drug-likeness (QED) is 0.746. The number of rotatable bonds is 4. The van der Waals surface area contributed by atoms with Crippen molar-refractivity contribution in [2.24, 2.45) is 7.05 Å². The van der Waals surface area contributed by atoms with E-state index in [9.17, 15) is 0 Å². The minimum absolute atomic E-state index is 0.169. The van der Waals surface area contributed by atoms with Crippen LogP contribution in [0.4, 0.5) is 0 Å². The van der Waals surface area contributed by atoms with Crippen LogP contribution in [0.2, 0.25) is 0 Å². The molecule has 0 aliphatic carbocycles. The van der Waals surface area contributed by atoms with Crippen LogP contribution in [0.5, 0.6) is 0 Å². The van der Waals surface area contributed by atoms with Gasteiger partial charge in [-0.3, -0.25) is 4.68 Å². The van der Waals surface area contributed by atoms with Gasteiger partial charge in [-0.05, 0) is 20.8 Å². The summed E-state index contributed by atoms with van der Waals surface area (Å²) in [5, 5.41) is 16.3. The largest absolute Gasteiger partial charge is 0.395 e. The van der Waals surface area contributed by atoms with Gasteiger partial charge in [0.25, 0.3) is 0 Å². The van der Waals surface area contributed by atoms with E-state index in [0.29, 0.717) is 6.54 Å². The van der Waals surface area contributed by atoms with Gasteiger partial charge < -0.3 is 10.4 Å². The Morgan fingerprint density at radius 2 is 2.14 bits per heavy atom. The van der Waals surface area contributed by atoms with Crippen molar-refractivity contribution >= 4 is 0 Å². The van der Waals surface area contributed by atoms with E-state index >= 15 is 0 Å². The minimum atomic E-state index is 0.169. The van der Waals surface area contributed by atoms with E-state index < -0.39 is 0 Å². The van der Waals surface area contributed by atoms with Crippen molar-refractivity contribution in [2.45, 2.75) is 26.8 Å². The number of aromatic nitrogens is 2. The Morgan fingerprint density at radius 1 is 1.50 bits per heavy atom. The molecule has 0 aromatic carbocycles. The van der Waals surface area contributed by atoms with Crippen LogP contribution >= 0.6 is 0 Å². The molecular weight excluding hydrogens is 178 g/mol. The van der Waals surface area contributed by atoms with Crippen molar-refractivity contribution in [3.05, 3.63) is 17.0 Å². The third kappa shape index (κ3) is 2.13. The van der Waals surface area contributed by atoms with Gasteiger partial charge in [-0.2, -0.15) is 5.10 Å². The molecule has 0 saturated carbocycles. The number of aliphatic hydroxyl groups is 1. The molecule has 1 rings (SSSR count). The van der Waals surface area contributed by atoms with Crippen LogP contribution in [0.25, 0.3) is 0 Å². The molecule has 1 atom stereocenters. The summed E-state index contributed by atoms with van der Waals surface area (Å²) in [5.74, 6) is 0. The van der Waals surface area contributed by atoms with Crippen molar-refractivity contribution in [1.82, 2.24) is 15.1 Å². The van der Waals surface area contributed by atoms with Gasteiger partial charge in [0.2, 0.25) is 0 Å². The maximum Gasteiger partial charge on any atom is 0.0644 e. The van der Waals surface area contributed by atoms with Gasteiger partial charge in [-0.15, -0.1) is 0 Å². The zero-order chi connectivity index (χ0) is 10.7. The van der Waals surface area contributed by atoms with Crippen molar-refractivity contribution in [1.29, 1.82) is 0 Å². The number of nitrogens with one attached hydrogen (secondary N) is 1. The van der Waals surface area contributed by atoms with Crippen molar-refractivity contribution in [2.75, 3.05) is 13.2 Å². The third-order valence-corrected chi connectivity index (χ3v) is 2.56.